The topological polar surface area (TPSA) is 78.4 Å². The number of hydrogen-bond acceptors (Lipinski definition) is 1. The molecule has 0 amide bonds. The summed E-state index contributed by atoms with van der Waals surface area (Å²) in [6.07, 6.45) is 0. The summed E-state index contributed by atoms with van der Waals surface area (Å²) in [7, 11) is 0. The molecule has 1 aromatic carbocycles. The van der Waals surface area contributed by atoms with E-state index in [9.17, 15) is 0 Å². The monoisotopic (exact) mass is 233 g/mol. The van der Waals surface area contributed by atoms with Gasteiger partial charge in [-0.2, -0.15) is 5.10 Å². The normalized spacial score (nSPS) is 12.4. The van der Waals surface area contributed by atoms with Crippen LogP contribution >= 0.6 is 0 Å². The van der Waals surface area contributed by atoms with Gasteiger partial charge in [-0.3, -0.25) is 11.5 Å². The zero-order chi connectivity index (χ0) is 13.1. The van der Waals surface area contributed by atoms with Gasteiger partial charge in [0.15, 0.2) is 0 Å². The third kappa shape index (κ3) is 3.90. The second kappa shape index (κ2) is 4.99. The predicted octanol–water partition coefficient (Wildman–Crippen LogP) is 0.0621. The van der Waals surface area contributed by atoms with E-state index < -0.39 is 0 Å². The van der Waals surface area contributed by atoms with Crippen molar-refractivity contribution >= 4 is 11.7 Å². The summed E-state index contributed by atoms with van der Waals surface area (Å²) in [6, 6.07) is 8.33. The Kier molecular flexibility index (Phi) is 3.89. The van der Waals surface area contributed by atoms with Crippen molar-refractivity contribution in [2.24, 2.45) is 16.6 Å². The summed E-state index contributed by atoms with van der Waals surface area (Å²) in [6.45, 7) is 8.47. The van der Waals surface area contributed by atoms with Crippen LogP contribution in [-0.2, 0) is 5.41 Å². The molecule has 0 bridgehead atoms. The second-order valence-corrected chi connectivity index (χ2v) is 5.09. The highest BCUT2D eigenvalue weighted by Gasteiger charge is 2.13. The first kappa shape index (κ1) is 13.2. The average molecular weight is 233 g/mol. The molecule has 0 saturated carbocycles. The zero-order valence-electron chi connectivity index (χ0n) is 10.9. The molecule has 0 aliphatic rings. The SMILES string of the molecule is C/C(=N/[NH+]=C(N)N)c1ccc(C(C)(C)C)cc1. The van der Waals surface area contributed by atoms with Crippen LogP contribution in [0.1, 0.15) is 38.8 Å². The number of hydrogen-bond donors (Lipinski definition) is 3. The fourth-order valence-electron chi connectivity index (χ4n) is 1.42. The Hall–Kier alpha value is -1.84. The number of benzene rings is 1. The molecule has 17 heavy (non-hydrogen) atoms. The number of hydrazone groups is 1. The Labute approximate surface area is 102 Å². The minimum atomic E-state index is 0.0932. The first-order valence-corrected chi connectivity index (χ1v) is 5.60. The van der Waals surface area contributed by atoms with E-state index in [2.05, 4.69) is 43.1 Å². The van der Waals surface area contributed by atoms with Gasteiger partial charge in [-0.05, 0) is 23.5 Å². The summed E-state index contributed by atoms with van der Waals surface area (Å²) in [5.41, 5.74) is 13.9. The van der Waals surface area contributed by atoms with Crippen molar-refractivity contribution in [3.63, 3.8) is 0 Å². The Morgan fingerprint density at radius 3 is 2.06 bits per heavy atom. The molecule has 0 aliphatic carbocycles. The van der Waals surface area contributed by atoms with Crippen molar-refractivity contribution in [1.82, 2.24) is 0 Å². The molecule has 0 aromatic heterocycles. The van der Waals surface area contributed by atoms with Gasteiger partial charge in [0.1, 0.15) is 0 Å². The van der Waals surface area contributed by atoms with Crippen molar-refractivity contribution in [1.29, 1.82) is 0 Å². The molecule has 0 heterocycles. The van der Waals surface area contributed by atoms with E-state index in [1.165, 1.54) is 5.56 Å². The van der Waals surface area contributed by atoms with Gasteiger partial charge in [0, 0.05) is 0 Å². The number of nitrogens with zero attached hydrogens (tertiary/aromatic N) is 1. The van der Waals surface area contributed by atoms with Gasteiger partial charge < -0.3 is 0 Å². The maximum atomic E-state index is 5.28. The molecule has 0 spiro atoms. The van der Waals surface area contributed by atoms with Gasteiger partial charge in [-0.15, -0.1) is 5.10 Å². The van der Waals surface area contributed by atoms with Crippen molar-refractivity contribution < 1.29 is 5.10 Å². The van der Waals surface area contributed by atoms with Gasteiger partial charge in [0.25, 0.3) is 0 Å². The summed E-state index contributed by atoms with van der Waals surface area (Å²) in [5.74, 6) is 0.0932. The third-order valence-corrected chi connectivity index (χ3v) is 2.52. The average Bonchev–Trinajstić information content (AvgIpc) is 2.25. The number of rotatable bonds is 2. The highest BCUT2D eigenvalue weighted by molar-refractivity contribution is 5.98. The fraction of sp³-hybridized carbons (Fsp3) is 0.385. The molecule has 5 N–H and O–H groups in total. The lowest BCUT2D eigenvalue weighted by atomic mass is 9.86. The lowest BCUT2D eigenvalue weighted by Gasteiger charge is -2.18. The molecule has 0 radical (unpaired) electrons. The first-order chi connectivity index (χ1) is 7.80. The van der Waals surface area contributed by atoms with Crippen LogP contribution < -0.4 is 16.6 Å². The van der Waals surface area contributed by atoms with Crippen LogP contribution in [-0.4, -0.2) is 11.7 Å². The summed E-state index contributed by atoms with van der Waals surface area (Å²) in [4.78, 5) is 0. The Bertz CT molecular complexity index is 431. The molecule has 0 atom stereocenters. The van der Waals surface area contributed by atoms with Crippen LogP contribution in [0.15, 0.2) is 29.4 Å². The third-order valence-electron chi connectivity index (χ3n) is 2.52. The zero-order valence-corrected chi connectivity index (χ0v) is 10.9. The van der Waals surface area contributed by atoms with Crippen LogP contribution in [0.25, 0.3) is 0 Å². The quantitative estimate of drug-likeness (QED) is 0.384. The summed E-state index contributed by atoms with van der Waals surface area (Å²) in [5, 5.41) is 6.61. The van der Waals surface area contributed by atoms with Gasteiger partial charge in [0.2, 0.25) is 0 Å². The Morgan fingerprint density at radius 2 is 1.65 bits per heavy atom. The van der Waals surface area contributed by atoms with E-state index >= 15 is 0 Å². The van der Waals surface area contributed by atoms with Gasteiger partial charge in [-0.25, -0.2) is 0 Å². The standard InChI is InChI=1S/C13H20N4/c1-9(16-17-12(14)15)10-5-7-11(8-6-10)13(2,3)4/h5-8H,1-4H3,(H4,14,15,17)/p+1/b16-9-. The lowest BCUT2D eigenvalue weighted by molar-refractivity contribution is -0.464. The number of guanidine groups is 1. The van der Waals surface area contributed by atoms with Crippen molar-refractivity contribution in [2.75, 3.05) is 0 Å². The molecule has 1 aromatic rings. The highest BCUT2D eigenvalue weighted by atomic mass is 15.3. The molecule has 0 saturated heterocycles. The van der Waals surface area contributed by atoms with Crippen molar-refractivity contribution in [3.05, 3.63) is 35.4 Å². The molecule has 0 fully saturated rings. The van der Waals surface area contributed by atoms with Gasteiger partial charge in [0.05, 0.1) is 5.71 Å². The molecule has 92 valence electrons. The highest BCUT2D eigenvalue weighted by Crippen LogP contribution is 2.22. The maximum absolute atomic E-state index is 5.28. The number of nitrogens with two attached hydrogens (primary N) is 2. The van der Waals surface area contributed by atoms with Crippen LogP contribution in [0.3, 0.4) is 0 Å². The van der Waals surface area contributed by atoms with Gasteiger partial charge in [-0.1, -0.05) is 45.0 Å². The smallest absolute Gasteiger partial charge is 0.289 e. The largest absolute Gasteiger partial charge is 0.362 e. The Balaban J connectivity index is 2.96. The molecule has 4 nitrogen and oxygen atoms in total. The summed E-state index contributed by atoms with van der Waals surface area (Å²) < 4.78 is 0. The summed E-state index contributed by atoms with van der Waals surface area (Å²) >= 11 is 0. The molecule has 0 aliphatic heterocycles. The minimum absolute atomic E-state index is 0.0932. The van der Waals surface area contributed by atoms with E-state index in [1.807, 2.05) is 19.1 Å². The van der Waals surface area contributed by atoms with Crippen LogP contribution in [0.4, 0.5) is 0 Å². The lowest BCUT2D eigenvalue weighted by Crippen LogP contribution is -2.72. The first-order valence-electron chi connectivity index (χ1n) is 5.60. The molecule has 4 heteroatoms. The van der Waals surface area contributed by atoms with E-state index in [4.69, 9.17) is 11.5 Å². The van der Waals surface area contributed by atoms with Crippen LogP contribution in [0.2, 0.25) is 0 Å². The predicted molar refractivity (Wildman–Crippen MR) is 71.7 cm³/mol. The van der Waals surface area contributed by atoms with Crippen LogP contribution in [0.5, 0.6) is 0 Å². The van der Waals surface area contributed by atoms with E-state index in [0.29, 0.717) is 0 Å². The molecular weight excluding hydrogens is 212 g/mol. The van der Waals surface area contributed by atoms with E-state index in [-0.39, 0.29) is 11.4 Å². The molecular formula is C13H21N4+. The molecule has 0 unspecified atom stereocenters. The van der Waals surface area contributed by atoms with Crippen molar-refractivity contribution in [2.45, 2.75) is 33.1 Å². The maximum Gasteiger partial charge on any atom is 0.362 e. The van der Waals surface area contributed by atoms with E-state index in [1.54, 1.807) is 0 Å². The van der Waals surface area contributed by atoms with Crippen molar-refractivity contribution in [3.8, 4) is 0 Å². The molecule has 1 rings (SSSR count). The Morgan fingerprint density at radius 1 is 1.12 bits per heavy atom. The second-order valence-electron chi connectivity index (χ2n) is 5.09. The fourth-order valence-corrected chi connectivity index (χ4v) is 1.42. The number of nitrogens with one attached hydrogen (secondary N) is 1. The van der Waals surface area contributed by atoms with Gasteiger partial charge >= 0.3 is 5.96 Å². The van der Waals surface area contributed by atoms with Crippen LogP contribution in [0, 0.1) is 0 Å². The minimum Gasteiger partial charge on any atom is -0.289 e. The van der Waals surface area contributed by atoms with E-state index in [0.717, 1.165) is 11.3 Å².